The maximum atomic E-state index is 13.6. The van der Waals surface area contributed by atoms with Crippen LogP contribution in [-0.2, 0) is 0 Å². The van der Waals surface area contributed by atoms with Crippen LogP contribution in [0.4, 0.5) is 4.39 Å². The first-order chi connectivity index (χ1) is 10.1. The minimum atomic E-state index is -0.600. The van der Waals surface area contributed by atoms with Crippen LogP contribution in [-0.4, -0.2) is 23.9 Å². The second kappa shape index (κ2) is 6.13. The number of halogens is 3. The van der Waals surface area contributed by atoms with Crippen molar-refractivity contribution in [1.82, 2.24) is 4.90 Å². The van der Waals surface area contributed by atoms with Gasteiger partial charge in [-0.1, -0.05) is 42.5 Å². The molecule has 2 aliphatic rings. The number of carbonyl (C=O) groups is 1. The zero-order valence-corrected chi connectivity index (χ0v) is 13.3. The smallest absolute Gasteiger partial charge is 0.255 e. The predicted octanol–water partition coefficient (Wildman–Crippen LogP) is 4.78. The zero-order valence-electron chi connectivity index (χ0n) is 11.7. The van der Waals surface area contributed by atoms with Gasteiger partial charge in [0.1, 0.15) is 5.82 Å². The molecule has 5 heteroatoms. The summed E-state index contributed by atoms with van der Waals surface area (Å²) in [5, 5.41) is 0.166. The average molecular weight is 330 g/mol. The number of benzene rings is 1. The summed E-state index contributed by atoms with van der Waals surface area (Å²) in [6, 6.07) is 2.46. The van der Waals surface area contributed by atoms with E-state index in [1.165, 1.54) is 31.7 Å². The van der Waals surface area contributed by atoms with Crippen molar-refractivity contribution in [2.75, 3.05) is 13.1 Å². The molecule has 1 amide bonds. The van der Waals surface area contributed by atoms with Gasteiger partial charge in [0.2, 0.25) is 0 Å². The fourth-order valence-corrected chi connectivity index (χ4v) is 4.11. The third kappa shape index (κ3) is 3.04. The first kappa shape index (κ1) is 15.1. The van der Waals surface area contributed by atoms with Crippen molar-refractivity contribution in [1.29, 1.82) is 0 Å². The number of fused-ring (bicyclic) bond motifs is 1. The highest BCUT2D eigenvalue weighted by molar-refractivity contribution is 6.36. The molecule has 1 saturated heterocycles. The van der Waals surface area contributed by atoms with E-state index < -0.39 is 5.82 Å². The molecule has 0 unspecified atom stereocenters. The number of carbonyl (C=O) groups excluding carboxylic acids is 1. The molecule has 0 spiro atoms. The predicted molar refractivity (Wildman–Crippen MR) is 82.4 cm³/mol. The van der Waals surface area contributed by atoms with Crippen LogP contribution < -0.4 is 0 Å². The van der Waals surface area contributed by atoms with Crippen LogP contribution in [0.25, 0.3) is 0 Å². The zero-order chi connectivity index (χ0) is 15.0. The number of amides is 1. The minimum absolute atomic E-state index is 0.0532. The first-order valence-electron chi connectivity index (χ1n) is 7.50. The van der Waals surface area contributed by atoms with Crippen LogP contribution in [0.3, 0.4) is 0 Å². The van der Waals surface area contributed by atoms with E-state index in [2.05, 4.69) is 0 Å². The molecule has 1 aromatic carbocycles. The Morgan fingerprint density at radius 1 is 1.10 bits per heavy atom. The quantitative estimate of drug-likeness (QED) is 0.678. The summed E-state index contributed by atoms with van der Waals surface area (Å²) < 4.78 is 13.6. The fourth-order valence-electron chi connectivity index (χ4n) is 3.64. The molecule has 1 aliphatic heterocycles. The molecule has 0 N–H and O–H groups in total. The summed E-state index contributed by atoms with van der Waals surface area (Å²) in [6.45, 7) is 1.50. The number of hydrogen-bond acceptors (Lipinski definition) is 1. The molecule has 3 rings (SSSR count). The van der Waals surface area contributed by atoms with Crippen molar-refractivity contribution >= 4 is 29.1 Å². The Kier molecular flexibility index (Phi) is 4.41. The minimum Gasteiger partial charge on any atom is -0.338 e. The van der Waals surface area contributed by atoms with Gasteiger partial charge < -0.3 is 4.90 Å². The highest BCUT2D eigenvalue weighted by Crippen LogP contribution is 2.37. The van der Waals surface area contributed by atoms with E-state index in [0.29, 0.717) is 5.92 Å². The van der Waals surface area contributed by atoms with Gasteiger partial charge in [-0.25, -0.2) is 4.39 Å². The van der Waals surface area contributed by atoms with Crippen LogP contribution in [0.5, 0.6) is 0 Å². The Morgan fingerprint density at radius 3 is 2.57 bits per heavy atom. The van der Waals surface area contributed by atoms with E-state index in [1.807, 2.05) is 4.90 Å². The maximum Gasteiger partial charge on any atom is 0.255 e. The molecular formula is C16H18Cl2FNO. The fraction of sp³-hybridized carbons (Fsp3) is 0.562. The Bertz CT molecular complexity index is 563. The molecule has 1 aromatic rings. The van der Waals surface area contributed by atoms with Gasteiger partial charge in [-0.3, -0.25) is 4.79 Å². The van der Waals surface area contributed by atoms with Crippen LogP contribution in [0, 0.1) is 17.7 Å². The Balaban J connectivity index is 1.78. The van der Waals surface area contributed by atoms with Gasteiger partial charge in [-0.15, -0.1) is 0 Å². The van der Waals surface area contributed by atoms with E-state index in [-0.39, 0.29) is 21.5 Å². The van der Waals surface area contributed by atoms with Crippen molar-refractivity contribution in [3.8, 4) is 0 Å². The van der Waals surface area contributed by atoms with Crippen molar-refractivity contribution in [3.63, 3.8) is 0 Å². The van der Waals surface area contributed by atoms with Crippen molar-refractivity contribution < 1.29 is 9.18 Å². The normalized spacial score (nSPS) is 25.6. The Hall–Kier alpha value is -0.800. The summed E-state index contributed by atoms with van der Waals surface area (Å²) in [7, 11) is 0. The number of likely N-dealkylation sites (tertiary alicyclic amines) is 1. The van der Waals surface area contributed by atoms with Crippen molar-refractivity contribution in [2.24, 2.45) is 11.8 Å². The second-order valence-electron chi connectivity index (χ2n) is 6.09. The lowest BCUT2D eigenvalue weighted by atomic mass is 9.75. The monoisotopic (exact) mass is 329 g/mol. The summed E-state index contributed by atoms with van der Waals surface area (Å²) in [5.41, 5.74) is 0.216. The Labute approximate surface area is 134 Å². The number of rotatable bonds is 1. The third-order valence-corrected chi connectivity index (χ3v) is 5.42. The molecule has 0 bridgehead atoms. The topological polar surface area (TPSA) is 20.3 Å². The van der Waals surface area contributed by atoms with Crippen molar-refractivity contribution in [2.45, 2.75) is 32.1 Å². The highest BCUT2D eigenvalue weighted by Gasteiger charge is 2.33. The molecule has 21 heavy (non-hydrogen) atoms. The molecule has 1 aliphatic carbocycles. The van der Waals surface area contributed by atoms with Gasteiger partial charge in [0.25, 0.3) is 5.91 Å². The molecule has 2 fully saturated rings. The van der Waals surface area contributed by atoms with E-state index >= 15 is 0 Å². The highest BCUT2D eigenvalue weighted by atomic mass is 35.5. The third-order valence-electron chi connectivity index (χ3n) is 4.82. The van der Waals surface area contributed by atoms with Gasteiger partial charge in [0.05, 0.1) is 15.6 Å². The van der Waals surface area contributed by atoms with E-state index in [1.54, 1.807) is 0 Å². The van der Waals surface area contributed by atoms with Gasteiger partial charge >= 0.3 is 0 Å². The van der Waals surface area contributed by atoms with Crippen LogP contribution in [0.15, 0.2) is 12.1 Å². The van der Waals surface area contributed by atoms with Crippen LogP contribution in [0.2, 0.25) is 10.0 Å². The molecule has 1 saturated carbocycles. The van der Waals surface area contributed by atoms with Crippen LogP contribution in [0.1, 0.15) is 42.5 Å². The second-order valence-corrected chi connectivity index (χ2v) is 6.91. The van der Waals surface area contributed by atoms with Crippen molar-refractivity contribution in [3.05, 3.63) is 33.6 Å². The molecule has 0 radical (unpaired) electrons. The summed E-state index contributed by atoms with van der Waals surface area (Å²) in [4.78, 5) is 14.4. The standard InChI is InChI=1S/C16H18Cl2FNO/c17-13-8-14(18)15(19)7-12(13)16(21)20-6-5-10-3-1-2-4-11(10)9-20/h7-8,10-11H,1-6,9H2/t10-,11-/m1/s1. The lowest BCUT2D eigenvalue weighted by Gasteiger charge is -2.41. The number of hydrogen-bond donors (Lipinski definition) is 0. The molecule has 1 heterocycles. The van der Waals surface area contributed by atoms with E-state index in [9.17, 15) is 9.18 Å². The first-order valence-corrected chi connectivity index (χ1v) is 8.25. The number of piperidine rings is 1. The lowest BCUT2D eigenvalue weighted by Crippen LogP contribution is -2.44. The van der Waals surface area contributed by atoms with E-state index in [4.69, 9.17) is 23.2 Å². The maximum absolute atomic E-state index is 13.6. The average Bonchev–Trinajstić information content (AvgIpc) is 2.50. The largest absolute Gasteiger partial charge is 0.338 e. The summed E-state index contributed by atoms with van der Waals surface area (Å²) in [5.74, 6) is 0.559. The van der Waals surface area contributed by atoms with Gasteiger partial charge in [-0.05, 0) is 36.8 Å². The van der Waals surface area contributed by atoms with E-state index in [0.717, 1.165) is 31.5 Å². The molecule has 114 valence electrons. The van der Waals surface area contributed by atoms with Gasteiger partial charge in [-0.2, -0.15) is 0 Å². The SMILES string of the molecule is O=C(c1cc(F)c(Cl)cc1Cl)N1CC[C@H]2CCCC[C@@H]2C1. The summed E-state index contributed by atoms with van der Waals surface area (Å²) >= 11 is 11.7. The lowest BCUT2D eigenvalue weighted by molar-refractivity contribution is 0.0520. The van der Waals surface area contributed by atoms with Gasteiger partial charge in [0, 0.05) is 13.1 Å². The van der Waals surface area contributed by atoms with Gasteiger partial charge in [0.15, 0.2) is 0 Å². The molecule has 0 aromatic heterocycles. The van der Waals surface area contributed by atoms with Crippen LogP contribution >= 0.6 is 23.2 Å². The molecular weight excluding hydrogens is 312 g/mol. The Morgan fingerprint density at radius 2 is 1.81 bits per heavy atom. The summed E-state index contributed by atoms with van der Waals surface area (Å²) in [6.07, 6.45) is 6.08. The molecule has 2 atom stereocenters. The molecule has 2 nitrogen and oxygen atoms in total. The number of nitrogens with zero attached hydrogens (tertiary/aromatic N) is 1.